The third-order valence-corrected chi connectivity index (χ3v) is 4.30. The monoisotopic (exact) mass is 376 g/mol. The third-order valence-electron chi connectivity index (χ3n) is 4.30. The molecule has 10 heteroatoms. The largest absolute Gasteiger partial charge is 0.493 e. The van der Waals surface area contributed by atoms with Crippen molar-refractivity contribution in [2.24, 2.45) is 0 Å². The smallest absolute Gasteiger partial charge is 0.417 e. The molecule has 2 rings (SSSR count). The average molecular weight is 376 g/mol. The Morgan fingerprint density at radius 3 is 2.31 bits per heavy atom. The molecule has 1 aliphatic carbocycles. The molecule has 1 aromatic carbocycles. The SMILES string of the molecule is COc1cc(C(F)(F)F)c(C(=O)NC2CCCCC2)c([N+](=O)[O-])c1OC. The van der Waals surface area contributed by atoms with Crippen LogP contribution in [0.2, 0.25) is 0 Å². The lowest BCUT2D eigenvalue weighted by atomic mass is 9.94. The Balaban J connectivity index is 2.63. The number of nitro benzene ring substituents is 1. The van der Waals surface area contributed by atoms with Crippen LogP contribution in [0.25, 0.3) is 0 Å². The third kappa shape index (κ3) is 4.00. The van der Waals surface area contributed by atoms with E-state index in [1.54, 1.807) is 0 Å². The van der Waals surface area contributed by atoms with E-state index in [2.05, 4.69) is 5.32 Å². The maximum absolute atomic E-state index is 13.5. The predicted molar refractivity (Wildman–Crippen MR) is 85.5 cm³/mol. The molecule has 26 heavy (non-hydrogen) atoms. The van der Waals surface area contributed by atoms with E-state index in [0.717, 1.165) is 33.5 Å². The summed E-state index contributed by atoms with van der Waals surface area (Å²) in [7, 11) is 2.12. The number of hydrogen-bond donors (Lipinski definition) is 1. The zero-order chi connectivity index (χ0) is 19.5. The van der Waals surface area contributed by atoms with E-state index in [1.165, 1.54) is 0 Å². The average Bonchev–Trinajstić information content (AvgIpc) is 2.59. The molecule has 1 fully saturated rings. The molecule has 144 valence electrons. The molecule has 1 aromatic rings. The first-order chi connectivity index (χ1) is 12.2. The minimum absolute atomic E-state index is 0.315. The van der Waals surface area contributed by atoms with E-state index < -0.39 is 45.3 Å². The van der Waals surface area contributed by atoms with Gasteiger partial charge in [-0.3, -0.25) is 14.9 Å². The molecule has 1 saturated carbocycles. The first-order valence-electron chi connectivity index (χ1n) is 8.02. The zero-order valence-corrected chi connectivity index (χ0v) is 14.3. The predicted octanol–water partition coefficient (Wildman–Crippen LogP) is 3.69. The van der Waals surface area contributed by atoms with Gasteiger partial charge in [0.25, 0.3) is 5.91 Å². The summed E-state index contributed by atoms with van der Waals surface area (Å²) in [6.45, 7) is 0. The summed E-state index contributed by atoms with van der Waals surface area (Å²) >= 11 is 0. The van der Waals surface area contributed by atoms with Crippen LogP contribution in [-0.4, -0.2) is 31.1 Å². The Bertz CT molecular complexity index is 700. The number of carbonyl (C=O) groups is 1. The Morgan fingerprint density at radius 1 is 1.23 bits per heavy atom. The van der Waals surface area contributed by atoms with Crippen LogP contribution in [0.15, 0.2) is 6.07 Å². The highest BCUT2D eigenvalue weighted by molar-refractivity contribution is 6.01. The molecule has 0 atom stereocenters. The van der Waals surface area contributed by atoms with Gasteiger partial charge in [-0.25, -0.2) is 0 Å². The van der Waals surface area contributed by atoms with Gasteiger partial charge in [0.05, 0.1) is 24.7 Å². The van der Waals surface area contributed by atoms with Gasteiger partial charge in [-0.15, -0.1) is 0 Å². The van der Waals surface area contributed by atoms with E-state index in [4.69, 9.17) is 9.47 Å². The van der Waals surface area contributed by atoms with Crippen molar-refractivity contribution < 1.29 is 32.4 Å². The lowest BCUT2D eigenvalue weighted by Crippen LogP contribution is -2.37. The minimum atomic E-state index is -4.98. The van der Waals surface area contributed by atoms with Crippen LogP contribution in [0, 0.1) is 10.1 Å². The summed E-state index contributed by atoms with van der Waals surface area (Å²) in [6.07, 6.45) is -1.08. The summed E-state index contributed by atoms with van der Waals surface area (Å²) in [5, 5.41) is 14.0. The highest BCUT2D eigenvalue weighted by Gasteiger charge is 2.43. The summed E-state index contributed by atoms with van der Waals surface area (Å²) in [5.41, 5.74) is -3.56. The second-order valence-electron chi connectivity index (χ2n) is 5.95. The number of methoxy groups -OCH3 is 2. The van der Waals surface area contributed by atoms with E-state index in [0.29, 0.717) is 18.9 Å². The first kappa shape index (κ1) is 19.8. The number of nitro groups is 1. The number of nitrogens with zero attached hydrogens (tertiary/aromatic N) is 1. The van der Waals surface area contributed by atoms with Crippen LogP contribution in [-0.2, 0) is 6.18 Å². The fourth-order valence-electron chi connectivity index (χ4n) is 3.11. The molecular formula is C16H19F3N2O5. The van der Waals surface area contributed by atoms with Crippen molar-refractivity contribution in [2.45, 2.75) is 44.3 Å². The van der Waals surface area contributed by atoms with Crippen LogP contribution >= 0.6 is 0 Å². The number of carbonyl (C=O) groups excluding carboxylic acids is 1. The van der Waals surface area contributed by atoms with Gasteiger partial charge in [0.2, 0.25) is 5.75 Å². The van der Waals surface area contributed by atoms with Crippen molar-refractivity contribution in [1.29, 1.82) is 0 Å². The molecule has 0 saturated heterocycles. The van der Waals surface area contributed by atoms with Gasteiger partial charge in [0.15, 0.2) is 5.75 Å². The molecule has 0 bridgehead atoms. The van der Waals surface area contributed by atoms with Crippen molar-refractivity contribution in [3.63, 3.8) is 0 Å². The molecule has 0 unspecified atom stereocenters. The Kier molecular flexibility index (Phi) is 5.94. The number of nitrogens with one attached hydrogen (secondary N) is 1. The highest BCUT2D eigenvalue weighted by atomic mass is 19.4. The van der Waals surface area contributed by atoms with E-state index in [9.17, 15) is 28.1 Å². The zero-order valence-electron chi connectivity index (χ0n) is 14.3. The number of ether oxygens (including phenoxy) is 2. The topological polar surface area (TPSA) is 90.7 Å². The van der Waals surface area contributed by atoms with Crippen molar-refractivity contribution in [3.05, 3.63) is 27.3 Å². The highest BCUT2D eigenvalue weighted by Crippen LogP contribution is 2.46. The maximum Gasteiger partial charge on any atom is 0.417 e. The van der Waals surface area contributed by atoms with Crippen molar-refractivity contribution in [1.82, 2.24) is 5.32 Å². The Hall–Kier alpha value is -2.52. The molecule has 0 spiro atoms. The molecule has 1 amide bonds. The van der Waals surface area contributed by atoms with E-state index in [1.807, 2.05) is 0 Å². The number of alkyl halides is 3. The van der Waals surface area contributed by atoms with Crippen molar-refractivity contribution in [2.75, 3.05) is 14.2 Å². The number of benzene rings is 1. The second kappa shape index (κ2) is 7.79. The van der Waals surface area contributed by atoms with Crippen LogP contribution < -0.4 is 14.8 Å². The van der Waals surface area contributed by atoms with E-state index in [-0.39, 0.29) is 6.04 Å². The molecule has 0 heterocycles. The summed E-state index contributed by atoms with van der Waals surface area (Å²) in [6, 6.07) is 0.228. The lowest BCUT2D eigenvalue weighted by molar-refractivity contribution is -0.386. The van der Waals surface area contributed by atoms with Gasteiger partial charge in [-0.1, -0.05) is 19.3 Å². The van der Waals surface area contributed by atoms with E-state index >= 15 is 0 Å². The normalized spacial score (nSPS) is 15.4. The van der Waals surface area contributed by atoms with Crippen molar-refractivity contribution >= 4 is 11.6 Å². The quantitative estimate of drug-likeness (QED) is 0.625. The number of rotatable bonds is 5. The minimum Gasteiger partial charge on any atom is -0.493 e. The molecule has 0 aliphatic heterocycles. The Morgan fingerprint density at radius 2 is 1.85 bits per heavy atom. The van der Waals surface area contributed by atoms with Gasteiger partial charge in [-0.2, -0.15) is 13.2 Å². The van der Waals surface area contributed by atoms with Crippen LogP contribution in [0.5, 0.6) is 11.5 Å². The standard InChI is InChI=1S/C16H19F3N2O5/c1-25-11-8-10(16(17,18)19)12(13(21(23)24)14(11)26-2)15(22)20-9-6-4-3-5-7-9/h8-9H,3-7H2,1-2H3,(H,20,22). The summed E-state index contributed by atoms with van der Waals surface area (Å²) < 4.78 is 50.1. The molecular weight excluding hydrogens is 357 g/mol. The maximum atomic E-state index is 13.5. The molecule has 0 aromatic heterocycles. The van der Waals surface area contributed by atoms with Crippen LogP contribution in [0.4, 0.5) is 18.9 Å². The second-order valence-corrected chi connectivity index (χ2v) is 5.95. The fraction of sp³-hybridized carbons (Fsp3) is 0.562. The Labute approximate surface area is 147 Å². The van der Waals surface area contributed by atoms with Crippen molar-refractivity contribution in [3.8, 4) is 11.5 Å². The number of amides is 1. The fourth-order valence-corrected chi connectivity index (χ4v) is 3.11. The van der Waals surface area contributed by atoms with Crippen LogP contribution in [0.3, 0.4) is 0 Å². The summed E-state index contributed by atoms with van der Waals surface area (Å²) in [4.78, 5) is 23.0. The number of halogens is 3. The number of hydrogen-bond acceptors (Lipinski definition) is 5. The molecule has 7 nitrogen and oxygen atoms in total. The van der Waals surface area contributed by atoms with Crippen LogP contribution in [0.1, 0.15) is 48.0 Å². The molecule has 1 aliphatic rings. The molecule has 0 radical (unpaired) electrons. The summed E-state index contributed by atoms with van der Waals surface area (Å²) in [5.74, 6) is -2.14. The van der Waals surface area contributed by atoms with Gasteiger partial charge >= 0.3 is 11.9 Å². The van der Waals surface area contributed by atoms with Gasteiger partial charge in [0.1, 0.15) is 5.56 Å². The van der Waals surface area contributed by atoms with Gasteiger partial charge < -0.3 is 14.8 Å². The van der Waals surface area contributed by atoms with Gasteiger partial charge in [-0.05, 0) is 18.9 Å². The lowest BCUT2D eigenvalue weighted by Gasteiger charge is -2.24. The first-order valence-corrected chi connectivity index (χ1v) is 8.02. The van der Waals surface area contributed by atoms with Gasteiger partial charge in [0, 0.05) is 6.04 Å². The molecule has 1 N–H and O–H groups in total.